The average molecular weight is 175 g/mol. The minimum absolute atomic E-state index is 0.153. The Morgan fingerprint density at radius 2 is 2.23 bits per heavy atom. The third kappa shape index (κ3) is 1.70. The molecule has 1 atom stereocenters. The van der Waals surface area contributed by atoms with Gasteiger partial charge in [0.1, 0.15) is 5.82 Å². The van der Waals surface area contributed by atoms with Gasteiger partial charge in [-0.1, -0.05) is 12.1 Å². The normalized spacial score (nSPS) is 13.4. The summed E-state index contributed by atoms with van der Waals surface area (Å²) < 4.78 is 0. The SMILES string of the molecule is C[C@@H](N)Cc1nc2ccccc2[nH]1. The quantitative estimate of drug-likeness (QED) is 0.725. The van der Waals surface area contributed by atoms with Crippen molar-refractivity contribution in [3.05, 3.63) is 30.1 Å². The Bertz CT molecular complexity index is 370. The molecule has 0 spiro atoms. The second kappa shape index (κ2) is 3.18. The molecule has 0 aliphatic heterocycles. The molecule has 2 aromatic rings. The van der Waals surface area contributed by atoms with Crippen LogP contribution in [0.4, 0.5) is 0 Å². The minimum Gasteiger partial charge on any atom is -0.342 e. The zero-order chi connectivity index (χ0) is 9.26. The summed E-state index contributed by atoms with van der Waals surface area (Å²) in [7, 11) is 0. The van der Waals surface area contributed by atoms with E-state index in [1.54, 1.807) is 0 Å². The van der Waals surface area contributed by atoms with E-state index in [4.69, 9.17) is 5.73 Å². The number of aromatic nitrogens is 2. The van der Waals surface area contributed by atoms with E-state index in [1.807, 2.05) is 31.2 Å². The van der Waals surface area contributed by atoms with E-state index in [9.17, 15) is 0 Å². The number of nitrogens with zero attached hydrogens (tertiary/aromatic N) is 1. The highest BCUT2D eigenvalue weighted by Gasteiger charge is 2.03. The molecule has 0 saturated heterocycles. The topological polar surface area (TPSA) is 54.7 Å². The summed E-state index contributed by atoms with van der Waals surface area (Å²) in [6.45, 7) is 1.98. The van der Waals surface area contributed by atoms with E-state index in [0.717, 1.165) is 23.3 Å². The molecular weight excluding hydrogens is 162 g/mol. The Kier molecular flexibility index (Phi) is 2.02. The number of nitrogens with two attached hydrogens (primary N) is 1. The molecule has 1 aromatic heterocycles. The number of imidazole rings is 1. The standard InChI is InChI=1S/C10H13N3/c1-7(11)6-10-12-8-4-2-3-5-9(8)13-10/h2-5,7H,6,11H2,1H3,(H,12,13)/t7-/m1/s1. The van der Waals surface area contributed by atoms with Crippen molar-refractivity contribution in [1.29, 1.82) is 0 Å². The van der Waals surface area contributed by atoms with Gasteiger partial charge in [-0.25, -0.2) is 4.98 Å². The first kappa shape index (κ1) is 8.26. The fourth-order valence-corrected chi connectivity index (χ4v) is 1.41. The number of H-pyrrole nitrogens is 1. The van der Waals surface area contributed by atoms with Crippen LogP contribution in [-0.4, -0.2) is 16.0 Å². The Labute approximate surface area is 77.0 Å². The average Bonchev–Trinajstić information content (AvgIpc) is 2.44. The Morgan fingerprint density at radius 3 is 2.92 bits per heavy atom. The van der Waals surface area contributed by atoms with Crippen LogP contribution in [0.15, 0.2) is 24.3 Å². The number of para-hydroxylation sites is 2. The number of hydrogen-bond donors (Lipinski definition) is 2. The summed E-state index contributed by atoms with van der Waals surface area (Å²) in [5, 5.41) is 0. The molecule has 1 aromatic carbocycles. The van der Waals surface area contributed by atoms with Gasteiger partial charge in [0.25, 0.3) is 0 Å². The molecule has 3 heteroatoms. The molecular formula is C10H13N3. The maximum atomic E-state index is 5.69. The fourth-order valence-electron chi connectivity index (χ4n) is 1.41. The van der Waals surface area contributed by atoms with Crippen molar-refractivity contribution in [2.75, 3.05) is 0 Å². The molecule has 1 heterocycles. The van der Waals surface area contributed by atoms with Crippen molar-refractivity contribution >= 4 is 11.0 Å². The monoisotopic (exact) mass is 175 g/mol. The Morgan fingerprint density at radius 1 is 1.46 bits per heavy atom. The summed E-state index contributed by atoms with van der Waals surface area (Å²) >= 11 is 0. The molecule has 13 heavy (non-hydrogen) atoms. The highest BCUT2D eigenvalue weighted by Crippen LogP contribution is 2.10. The second-order valence-corrected chi connectivity index (χ2v) is 3.38. The van der Waals surface area contributed by atoms with Crippen molar-refractivity contribution < 1.29 is 0 Å². The summed E-state index contributed by atoms with van der Waals surface area (Å²) in [5.41, 5.74) is 7.78. The van der Waals surface area contributed by atoms with E-state index in [1.165, 1.54) is 0 Å². The lowest BCUT2D eigenvalue weighted by molar-refractivity contribution is 0.712. The third-order valence-corrected chi connectivity index (χ3v) is 1.95. The van der Waals surface area contributed by atoms with E-state index in [2.05, 4.69) is 9.97 Å². The van der Waals surface area contributed by atoms with Gasteiger partial charge < -0.3 is 10.7 Å². The highest BCUT2D eigenvalue weighted by atomic mass is 14.9. The van der Waals surface area contributed by atoms with Gasteiger partial charge >= 0.3 is 0 Å². The lowest BCUT2D eigenvalue weighted by atomic mass is 10.2. The van der Waals surface area contributed by atoms with Crippen LogP contribution in [0.25, 0.3) is 11.0 Å². The number of nitrogens with one attached hydrogen (secondary N) is 1. The molecule has 3 nitrogen and oxygen atoms in total. The van der Waals surface area contributed by atoms with Crippen LogP contribution >= 0.6 is 0 Å². The predicted molar refractivity (Wildman–Crippen MR) is 53.4 cm³/mol. The summed E-state index contributed by atoms with van der Waals surface area (Å²) in [6.07, 6.45) is 0.800. The molecule has 2 rings (SSSR count). The summed E-state index contributed by atoms with van der Waals surface area (Å²) in [4.78, 5) is 7.65. The van der Waals surface area contributed by atoms with Gasteiger partial charge in [-0.15, -0.1) is 0 Å². The zero-order valence-corrected chi connectivity index (χ0v) is 7.62. The van der Waals surface area contributed by atoms with E-state index in [0.29, 0.717) is 0 Å². The first-order valence-electron chi connectivity index (χ1n) is 4.45. The first-order chi connectivity index (χ1) is 6.25. The number of aromatic amines is 1. The molecule has 3 N–H and O–H groups in total. The van der Waals surface area contributed by atoms with Gasteiger partial charge in [-0.05, 0) is 19.1 Å². The molecule has 68 valence electrons. The highest BCUT2D eigenvalue weighted by molar-refractivity contribution is 5.74. The minimum atomic E-state index is 0.153. The molecule has 0 aliphatic rings. The third-order valence-electron chi connectivity index (χ3n) is 1.95. The van der Waals surface area contributed by atoms with Gasteiger partial charge in [-0.2, -0.15) is 0 Å². The maximum absolute atomic E-state index is 5.69. The van der Waals surface area contributed by atoms with Crippen molar-refractivity contribution in [2.45, 2.75) is 19.4 Å². The predicted octanol–water partition coefficient (Wildman–Crippen LogP) is 1.45. The van der Waals surface area contributed by atoms with E-state index < -0.39 is 0 Å². The molecule has 0 fully saturated rings. The van der Waals surface area contributed by atoms with Crippen molar-refractivity contribution in [3.63, 3.8) is 0 Å². The van der Waals surface area contributed by atoms with Gasteiger partial charge in [0.05, 0.1) is 11.0 Å². The van der Waals surface area contributed by atoms with E-state index in [-0.39, 0.29) is 6.04 Å². The van der Waals surface area contributed by atoms with Gasteiger partial charge in [-0.3, -0.25) is 0 Å². The Hall–Kier alpha value is -1.35. The lowest BCUT2D eigenvalue weighted by Crippen LogP contribution is -2.18. The van der Waals surface area contributed by atoms with Gasteiger partial charge in [0.2, 0.25) is 0 Å². The second-order valence-electron chi connectivity index (χ2n) is 3.38. The van der Waals surface area contributed by atoms with E-state index >= 15 is 0 Å². The van der Waals surface area contributed by atoms with Crippen LogP contribution in [0.3, 0.4) is 0 Å². The van der Waals surface area contributed by atoms with Gasteiger partial charge in [0.15, 0.2) is 0 Å². The Balaban J connectivity index is 2.38. The molecule has 0 saturated carbocycles. The smallest absolute Gasteiger partial charge is 0.108 e. The van der Waals surface area contributed by atoms with Crippen LogP contribution < -0.4 is 5.73 Å². The number of benzene rings is 1. The van der Waals surface area contributed by atoms with Crippen LogP contribution in [0.2, 0.25) is 0 Å². The summed E-state index contributed by atoms with van der Waals surface area (Å²) in [6, 6.07) is 8.15. The van der Waals surface area contributed by atoms with Crippen LogP contribution in [-0.2, 0) is 6.42 Å². The fraction of sp³-hybridized carbons (Fsp3) is 0.300. The maximum Gasteiger partial charge on any atom is 0.108 e. The molecule has 0 unspecified atom stereocenters. The first-order valence-corrected chi connectivity index (χ1v) is 4.45. The number of rotatable bonds is 2. The van der Waals surface area contributed by atoms with Gasteiger partial charge in [0, 0.05) is 12.5 Å². The lowest BCUT2D eigenvalue weighted by Gasteiger charge is -1.98. The largest absolute Gasteiger partial charge is 0.342 e. The van der Waals surface area contributed by atoms with Crippen LogP contribution in [0.5, 0.6) is 0 Å². The zero-order valence-electron chi connectivity index (χ0n) is 7.62. The number of fused-ring (bicyclic) bond motifs is 1. The van der Waals surface area contributed by atoms with Crippen molar-refractivity contribution in [3.8, 4) is 0 Å². The molecule has 0 amide bonds. The van der Waals surface area contributed by atoms with Crippen molar-refractivity contribution in [1.82, 2.24) is 9.97 Å². The molecule has 0 aliphatic carbocycles. The molecule has 0 bridgehead atoms. The van der Waals surface area contributed by atoms with Crippen LogP contribution in [0.1, 0.15) is 12.7 Å². The summed E-state index contributed by atoms with van der Waals surface area (Å²) in [5.74, 6) is 0.969. The number of hydrogen-bond acceptors (Lipinski definition) is 2. The van der Waals surface area contributed by atoms with Crippen LogP contribution in [0, 0.1) is 0 Å². The van der Waals surface area contributed by atoms with Crippen molar-refractivity contribution in [2.24, 2.45) is 5.73 Å². The molecule has 0 radical (unpaired) electrons.